The lowest BCUT2D eigenvalue weighted by Crippen LogP contribution is -2.15. The van der Waals surface area contributed by atoms with Gasteiger partial charge in [0.25, 0.3) is 5.91 Å². The number of hydrogen-bond acceptors (Lipinski definition) is 5. The number of nitrogens with one attached hydrogen (secondary N) is 1. The number of hydrogen-bond donors (Lipinski definition) is 2. The number of ether oxygens (including phenoxy) is 2. The van der Waals surface area contributed by atoms with Crippen molar-refractivity contribution in [2.45, 2.75) is 12.7 Å². The van der Waals surface area contributed by atoms with Gasteiger partial charge in [-0.3, -0.25) is 4.79 Å². The Labute approximate surface area is 157 Å². The van der Waals surface area contributed by atoms with Crippen molar-refractivity contribution in [3.63, 3.8) is 0 Å². The van der Waals surface area contributed by atoms with E-state index in [9.17, 15) is 13.2 Å². The van der Waals surface area contributed by atoms with Crippen LogP contribution in [0.3, 0.4) is 0 Å². The van der Waals surface area contributed by atoms with E-state index in [0.717, 1.165) is 0 Å². The molecule has 26 heavy (non-hydrogen) atoms. The summed E-state index contributed by atoms with van der Waals surface area (Å²) in [6.07, 6.45) is 0. The van der Waals surface area contributed by atoms with Crippen LogP contribution in [0, 0.1) is 0 Å². The average Bonchev–Trinajstić information content (AvgIpc) is 2.55. The second-order valence-electron chi connectivity index (χ2n) is 5.38. The normalized spacial score (nSPS) is 11.1. The van der Waals surface area contributed by atoms with Crippen molar-refractivity contribution in [3.8, 4) is 11.5 Å². The van der Waals surface area contributed by atoms with Crippen LogP contribution in [0.5, 0.6) is 11.5 Å². The van der Waals surface area contributed by atoms with Gasteiger partial charge in [0.05, 0.1) is 24.5 Å². The number of nitrogens with two attached hydrogens (primary N) is 1. The summed E-state index contributed by atoms with van der Waals surface area (Å²) in [6, 6.07) is 9.39. The highest BCUT2D eigenvalue weighted by atomic mass is 35.5. The number of primary sulfonamides is 1. The molecule has 0 atom stereocenters. The summed E-state index contributed by atoms with van der Waals surface area (Å²) in [7, 11) is -2.21. The van der Waals surface area contributed by atoms with Gasteiger partial charge in [0.15, 0.2) is 11.5 Å². The van der Waals surface area contributed by atoms with Gasteiger partial charge < -0.3 is 14.8 Å². The maximum Gasteiger partial charge on any atom is 0.255 e. The predicted octanol–water partition coefficient (Wildman–Crippen LogP) is 2.79. The summed E-state index contributed by atoms with van der Waals surface area (Å²) < 4.78 is 33.0. The van der Waals surface area contributed by atoms with Gasteiger partial charge in [-0.1, -0.05) is 23.7 Å². The average molecular weight is 399 g/mol. The molecule has 7 nitrogen and oxygen atoms in total. The van der Waals surface area contributed by atoms with E-state index < -0.39 is 15.9 Å². The first-order valence-corrected chi connectivity index (χ1v) is 9.74. The van der Waals surface area contributed by atoms with Crippen LogP contribution in [0.1, 0.15) is 22.8 Å². The van der Waals surface area contributed by atoms with E-state index in [-0.39, 0.29) is 16.3 Å². The van der Waals surface area contributed by atoms with Gasteiger partial charge in [0, 0.05) is 11.3 Å². The summed E-state index contributed by atoms with van der Waals surface area (Å²) in [5.41, 5.74) is 1.17. The van der Waals surface area contributed by atoms with Gasteiger partial charge in [-0.2, -0.15) is 0 Å². The first kappa shape index (κ1) is 20.0. The zero-order chi connectivity index (χ0) is 19.3. The molecule has 0 aliphatic rings. The Balaban J connectivity index is 2.25. The second-order valence-corrected chi connectivity index (χ2v) is 7.41. The van der Waals surface area contributed by atoms with E-state index in [1.807, 2.05) is 6.92 Å². The Morgan fingerprint density at radius 3 is 2.62 bits per heavy atom. The van der Waals surface area contributed by atoms with Crippen molar-refractivity contribution in [1.82, 2.24) is 0 Å². The third-order valence-electron chi connectivity index (χ3n) is 3.33. The van der Waals surface area contributed by atoms with E-state index in [1.54, 1.807) is 18.2 Å². The molecule has 0 heterocycles. The molecule has 9 heteroatoms. The first-order chi connectivity index (χ1) is 12.2. The lowest BCUT2D eigenvalue weighted by atomic mass is 10.1. The van der Waals surface area contributed by atoms with Crippen LogP contribution >= 0.6 is 11.6 Å². The maximum atomic E-state index is 12.5. The third-order valence-corrected chi connectivity index (χ3v) is 4.35. The molecule has 2 aromatic rings. The van der Waals surface area contributed by atoms with E-state index in [2.05, 4.69) is 5.32 Å². The van der Waals surface area contributed by atoms with E-state index in [1.165, 1.54) is 25.3 Å². The van der Waals surface area contributed by atoms with Gasteiger partial charge in [0.1, 0.15) is 0 Å². The highest BCUT2D eigenvalue weighted by Gasteiger charge is 2.16. The van der Waals surface area contributed by atoms with Crippen LogP contribution in [0.25, 0.3) is 0 Å². The van der Waals surface area contributed by atoms with Crippen molar-refractivity contribution in [3.05, 3.63) is 52.5 Å². The fourth-order valence-corrected chi connectivity index (χ4v) is 3.22. The Kier molecular flexibility index (Phi) is 6.47. The van der Waals surface area contributed by atoms with Crippen molar-refractivity contribution in [1.29, 1.82) is 0 Å². The number of carbonyl (C=O) groups excluding carboxylic acids is 1. The van der Waals surface area contributed by atoms with Gasteiger partial charge in [0.2, 0.25) is 10.0 Å². The van der Waals surface area contributed by atoms with Crippen LogP contribution in [0.15, 0.2) is 36.4 Å². The Morgan fingerprint density at radius 1 is 1.27 bits per heavy atom. The predicted molar refractivity (Wildman–Crippen MR) is 100 cm³/mol. The van der Waals surface area contributed by atoms with E-state index in [4.69, 9.17) is 26.2 Å². The molecular weight excluding hydrogens is 380 g/mol. The van der Waals surface area contributed by atoms with Crippen LogP contribution < -0.4 is 19.9 Å². The molecule has 0 aliphatic carbocycles. The number of amides is 1. The van der Waals surface area contributed by atoms with Gasteiger partial charge >= 0.3 is 0 Å². The summed E-state index contributed by atoms with van der Waals surface area (Å²) >= 11 is 6.17. The molecule has 0 bridgehead atoms. The molecule has 140 valence electrons. The zero-order valence-corrected chi connectivity index (χ0v) is 15.9. The third kappa shape index (κ3) is 5.35. The molecule has 0 fully saturated rings. The number of halogens is 1. The molecule has 0 unspecified atom stereocenters. The Morgan fingerprint density at radius 2 is 2.00 bits per heavy atom. The minimum absolute atomic E-state index is 0.249. The molecule has 0 radical (unpaired) electrons. The largest absolute Gasteiger partial charge is 0.493 e. The SMILES string of the molecule is CCOc1c(Cl)cc(C(=O)Nc2cccc(CS(N)(=O)=O)c2)cc1OC. The quantitative estimate of drug-likeness (QED) is 0.745. The van der Waals surface area contributed by atoms with E-state index >= 15 is 0 Å². The number of carbonyl (C=O) groups is 1. The molecule has 1 amide bonds. The topological polar surface area (TPSA) is 108 Å². The lowest BCUT2D eigenvalue weighted by Gasteiger charge is -2.13. The number of anilines is 1. The second kappa shape index (κ2) is 8.39. The standard InChI is InChI=1S/C17H19ClN2O5S/c1-3-25-16-14(18)8-12(9-15(16)24-2)17(21)20-13-6-4-5-11(7-13)10-26(19,22)23/h4-9H,3,10H2,1-2H3,(H,20,21)(H2,19,22,23). The van der Waals surface area contributed by atoms with Gasteiger partial charge in [-0.05, 0) is 36.8 Å². The Bertz CT molecular complexity index is 915. The van der Waals surface area contributed by atoms with Gasteiger partial charge in [-0.15, -0.1) is 0 Å². The maximum absolute atomic E-state index is 12.5. The first-order valence-electron chi connectivity index (χ1n) is 7.64. The molecule has 0 aliphatic heterocycles. The molecular formula is C17H19ClN2O5S. The summed E-state index contributed by atoms with van der Waals surface area (Å²) in [5, 5.41) is 7.98. The highest BCUT2D eigenvalue weighted by Crippen LogP contribution is 2.36. The number of benzene rings is 2. The molecule has 2 aromatic carbocycles. The van der Waals surface area contributed by atoms with Crippen molar-refractivity contribution in [2.75, 3.05) is 19.0 Å². The van der Waals surface area contributed by atoms with Crippen molar-refractivity contribution >= 4 is 33.2 Å². The van der Waals surface area contributed by atoms with Crippen LogP contribution in [-0.4, -0.2) is 28.0 Å². The molecule has 0 spiro atoms. The highest BCUT2D eigenvalue weighted by molar-refractivity contribution is 7.88. The number of sulfonamides is 1. The molecule has 0 saturated heterocycles. The number of methoxy groups -OCH3 is 1. The summed E-state index contributed by atoms with van der Waals surface area (Å²) in [6.45, 7) is 2.21. The summed E-state index contributed by atoms with van der Waals surface area (Å²) in [5.74, 6) is -0.0452. The molecule has 2 rings (SSSR count). The fourth-order valence-electron chi connectivity index (χ4n) is 2.31. The lowest BCUT2D eigenvalue weighted by molar-refractivity contribution is 0.102. The van der Waals surface area contributed by atoms with E-state index in [0.29, 0.717) is 29.4 Å². The molecule has 0 aromatic heterocycles. The Hall–Kier alpha value is -2.29. The fraction of sp³-hybridized carbons (Fsp3) is 0.235. The minimum atomic E-state index is -3.66. The molecule has 3 N–H and O–H groups in total. The molecule has 0 saturated carbocycles. The van der Waals surface area contributed by atoms with Crippen molar-refractivity contribution in [2.24, 2.45) is 5.14 Å². The minimum Gasteiger partial charge on any atom is -0.493 e. The van der Waals surface area contributed by atoms with Gasteiger partial charge in [-0.25, -0.2) is 13.6 Å². The van der Waals surface area contributed by atoms with Crippen LogP contribution in [-0.2, 0) is 15.8 Å². The summed E-state index contributed by atoms with van der Waals surface area (Å²) in [4.78, 5) is 12.5. The number of rotatable bonds is 7. The smallest absolute Gasteiger partial charge is 0.255 e. The van der Waals surface area contributed by atoms with Crippen LogP contribution in [0.4, 0.5) is 5.69 Å². The van der Waals surface area contributed by atoms with Crippen LogP contribution in [0.2, 0.25) is 5.02 Å². The van der Waals surface area contributed by atoms with Crippen molar-refractivity contribution < 1.29 is 22.7 Å². The monoisotopic (exact) mass is 398 g/mol. The zero-order valence-electron chi connectivity index (χ0n) is 14.3.